The number of carbonyl (C=O) groups is 2. The smallest absolute Gasteiger partial charge is 0.331 e. The fraction of sp³-hybridized carbons (Fsp3) is 0.333. The summed E-state index contributed by atoms with van der Waals surface area (Å²) >= 11 is 0. The van der Waals surface area contributed by atoms with E-state index in [1.165, 1.54) is 0 Å². The highest BCUT2D eigenvalue weighted by Crippen LogP contribution is 2.15. The third-order valence-corrected chi connectivity index (χ3v) is 2.75. The molecule has 0 saturated heterocycles. The normalized spacial score (nSPS) is 12.1. The van der Waals surface area contributed by atoms with Gasteiger partial charge in [0, 0.05) is 11.3 Å². The Kier molecular flexibility index (Phi) is 5.05. The van der Waals surface area contributed by atoms with Gasteiger partial charge in [-0.15, -0.1) is 0 Å². The van der Waals surface area contributed by atoms with Crippen molar-refractivity contribution in [2.75, 3.05) is 5.32 Å². The van der Waals surface area contributed by atoms with Crippen LogP contribution >= 0.6 is 0 Å². The number of benzene rings is 1. The molecule has 20 heavy (non-hydrogen) atoms. The number of hydrogen-bond donors (Lipinski definition) is 3. The first-order chi connectivity index (χ1) is 9.24. The van der Waals surface area contributed by atoms with Crippen LogP contribution in [0, 0.1) is 0 Å². The van der Waals surface area contributed by atoms with Crippen LogP contribution in [0.2, 0.25) is 0 Å². The molecule has 108 valence electrons. The summed E-state index contributed by atoms with van der Waals surface area (Å²) in [5.41, 5.74) is 6.47. The van der Waals surface area contributed by atoms with Gasteiger partial charge in [-0.2, -0.15) is 0 Å². The molecule has 1 aromatic rings. The van der Waals surface area contributed by atoms with Crippen LogP contribution in [0.1, 0.15) is 32.8 Å². The Balaban J connectivity index is 2.85. The number of anilines is 1. The Hall–Kier alpha value is -2.14. The summed E-state index contributed by atoms with van der Waals surface area (Å²) in [6.45, 7) is 5.04. The van der Waals surface area contributed by atoms with Crippen molar-refractivity contribution in [2.45, 2.75) is 32.7 Å². The Morgan fingerprint density at radius 1 is 1.30 bits per heavy atom. The number of carboxylic acid groups (broad SMARTS) is 1. The zero-order chi connectivity index (χ0) is 15.3. The van der Waals surface area contributed by atoms with Crippen molar-refractivity contribution in [3.63, 3.8) is 0 Å². The van der Waals surface area contributed by atoms with Crippen LogP contribution in [0.3, 0.4) is 0 Å². The number of carboxylic acids is 1. The van der Waals surface area contributed by atoms with Crippen molar-refractivity contribution in [1.82, 2.24) is 0 Å². The molecule has 0 fully saturated rings. The van der Waals surface area contributed by atoms with E-state index in [2.05, 4.69) is 5.32 Å². The van der Waals surface area contributed by atoms with Gasteiger partial charge < -0.3 is 16.2 Å². The lowest BCUT2D eigenvalue weighted by atomic mass is 10.1. The molecule has 0 aromatic heterocycles. The summed E-state index contributed by atoms with van der Waals surface area (Å²) in [5.74, 6) is -1.20. The first kappa shape index (κ1) is 15.9. The van der Waals surface area contributed by atoms with E-state index in [1.54, 1.807) is 51.1 Å². The highest BCUT2D eigenvalue weighted by Gasteiger charge is 2.21. The minimum absolute atomic E-state index is 0.277. The summed E-state index contributed by atoms with van der Waals surface area (Å²) in [7, 11) is 0. The van der Waals surface area contributed by atoms with Gasteiger partial charge in [-0.25, -0.2) is 4.79 Å². The van der Waals surface area contributed by atoms with Gasteiger partial charge in [-0.1, -0.05) is 19.1 Å². The molecule has 1 aromatic carbocycles. The second kappa shape index (κ2) is 6.34. The molecule has 0 radical (unpaired) electrons. The van der Waals surface area contributed by atoms with Crippen molar-refractivity contribution in [2.24, 2.45) is 5.73 Å². The summed E-state index contributed by atoms with van der Waals surface area (Å²) in [4.78, 5) is 22.6. The molecule has 0 unspecified atom stereocenters. The Morgan fingerprint density at radius 3 is 2.25 bits per heavy atom. The molecule has 0 heterocycles. The minimum Gasteiger partial charge on any atom is -0.478 e. The van der Waals surface area contributed by atoms with Gasteiger partial charge in [-0.3, -0.25) is 4.79 Å². The van der Waals surface area contributed by atoms with E-state index in [-0.39, 0.29) is 5.91 Å². The first-order valence-corrected chi connectivity index (χ1v) is 6.38. The van der Waals surface area contributed by atoms with Crippen LogP contribution in [0.25, 0.3) is 6.08 Å². The quantitative estimate of drug-likeness (QED) is 0.719. The van der Waals surface area contributed by atoms with Crippen LogP contribution in [-0.2, 0) is 9.59 Å². The van der Waals surface area contributed by atoms with Crippen LogP contribution in [-0.4, -0.2) is 22.5 Å². The van der Waals surface area contributed by atoms with Crippen LogP contribution < -0.4 is 11.1 Å². The van der Waals surface area contributed by atoms with E-state index in [0.29, 0.717) is 17.7 Å². The van der Waals surface area contributed by atoms with Crippen molar-refractivity contribution in [1.29, 1.82) is 0 Å². The average molecular weight is 276 g/mol. The fourth-order valence-corrected chi connectivity index (χ4v) is 1.47. The Labute approximate surface area is 118 Å². The number of nitrogens with two attached hydrogens (primary N) is 1. The fourth-order valence-electron chi connectivity index (χ4n) is 1.47. The van der Waals surface area contributed by atoms with E-state index in [1.807, 2.05) is 0 Å². The van der Waals surface area contributed by atoms with E-state index >= 15 is 0 Å². The maximum absolute atomic E-state index is 11.7. The van der Waals surface area contributed by atoms with E-state index < -0.39 is 11.5 Å². The third kappa shape index (κ3) is 4.51. The van der Waals surface area contributed by atoms with Crippen LogP contribution in [0.15, 0.2) is 29.8 Å². The third-order valence-electron chi connectivity index (χ3n) is 2.75. The topological polar surface area (TPSA) is 92.4 Å². The minimum atomic E-state index is -0.947. The molecule has 1 rings (SSSR count). The van der Waals surface area contributed by atoms with Crippen LogP contribution in [0.5, 0.6) is 0 Å². The SMILES string of the molecule is CCC(=Cc1ccc(NC(=O)C(C)(C)N)cc1)C(=O)O. The maximum atomic E-state index is 11.7. The molecule has 5 heteroatoms. The lowest BCUT2D eigenvalue weighted by Gasteiger charge is -2.17. The van der Waals surface area contributed by atoms with E-state index in [0.717, 1.165) is 5.56 Å². The molecule has 0 atom stereocenters. The molecular weight excluding hydrogens is 256 g/mol. The Bertz CT molecular complexity index is 525. The van der Waals surface area contributed by atoms with Crippen molar-refractivity contribution in [3.05, 3.63) is 35.4 Å². The monoisotopic (exact) mass is 276 g/mol. The van der Waals surface area contributed by atoms with E-state index in [9.17, 15) is 9.59 Å². The van der Waals surface area contributed by atoms with Gasteiger partial charge in [0.2, 0.25) is 5.91 Å². The Morgan fingerprint density at radius 2 is 1.85 bits per heavy atom. The molecule has 0 spiro atoms. The molecule has 5 nitrogen and oxygen atoms in total. The highest BCUT2D eigenvalue weighted by atomic mass is 16.4. The number of carbonyl (C=O) groups excluding carboxylic acids is 1. The molecule has 0 bridgehead atoms. The van der Waals surface area contributed by atoms with E-state index in [4.69, 9.17) is 10.8 Å². The number of nitrogens with one attached hydrogen (secondary N) is 1. The predicted octanol–water partition coefficient (Wildman–Crippen LogP) is 2.24. The lowest BCUT2D eigenvalue weighted by Crippen LogP contribution is -2.45. The molecule has 4 N–H and O–H groups in total. The number of aliphatic carboxylic acids is 1. The van der Waals surface area contributed by atoms with Gasteiger partial charge in [0.1, 0.15) is 0 Å². The molecule has 0 aliphatic heterocycles. The summed E-state index contributed by atoms with van der Waals surface area (Å²) in [5, 5.41) is 11.7. The number of amides is 1. The van der Waals surface area contributed by atoms with Crippen molar-refractivity contribution < 1.29 is 14.7 Å². The van der Waals surface area contributed by atoms with Gasteiger partial charge in [0.25, 0.3) is 0 Å². The number of rotatable bonds is 5. The zero-order valence-electron chi connectivity index (χ0n) is 11.9. The standard InChI is InChI=1S/C15H20N2O3/c1-4-11(13(18)19)9-10-5-7-12(8-6-10)17-14(20)15(2,3)16/h5-9H,4,16H2,1-3H3,(H,17,20)(H,18,19). The van der Waals surface area contributed by atoms with Gasteiger partial charge >= 0.3 is 5.97 Å². The van der Waals surface area contributed by atoms with Crippen molar-refractivity contribution >= 4 is 23.6 Å². The number of hydrogen-bond acceptors (Lipinski definition) is 3. The molecule has 0 saturated carbocycles. The van der Waals surface area contributed by atoms with Crippen LogP contribution in [0.4, 0.5) is 5.69 Å². The first-order valence-electron chi connectivity index (χ1n) is 6.38. The van der Waals surface area contributed by atoms with Gasteiger partial charge in [0.15, 0.2) is 0 Å². The molecule has 0 aliphatic rings. The zero-order valence-corrected chi connectivity index (χ0v) is 11.9. The van der Waals surface area contributed by atoms with Gasteiger partial charge in [0.05, 0.1) is 5.54 Å². The molecule has 0 aliphatic carbocycles. The lowest BCUT2D eigenvalue weighted by molar-refractivity contribution is -0.132. The predicted molar refractivity (Wildman–Crippen MR) is 79.2 cm³/mol. The summed E-state index contributed by atoms with van der Waals surface area (Å²) in [6, 6.07) is 6.92. The second-order valence-corrected chi connectivity index (χ2v) is 5.13. The molecular formula is C15H20N2O3. The highest BCUT2D eigenvalue weighted by molar-refractivity contribution is 5.97. The molecule has 1 amide bonds. The van der Waals surface area contributed by atoms with Crippen molar-refractivity contribution in [3.8, 4) is 0 Å². The maximum Gasteiger partial charge on any atom is 0.331 e. The summed E-state index contributed by atoms with van der Waals surface area (Å²) < 4.78 is 0. The largest absolute Gasteiger partial charge is 0.478 e. The van der Waals surface area contributed by atoms with Gasteiger partial charge in [-0.05, 0) is 44.0 Å². The second-order valence-electron chi connectivity index (χ2n) is 5.13. The summed E-state index contributed by atoms with van der Waals surface area (Å²) in [6.07, 6.45) is 2.07. The average Bonchev–Trinajstić information content (AvgIpc) is 2.36.